The van der Waals surface area contributed by atoms with Crippen molar-refractivity contribution in [2.24, 2.45) is 5.41 Å². The number of nitrogens with zero attached hydrogens (tertiary/aromatic N) is 1. The quantitative estimate of drug-likeness (QED) is 0.892. The number of rotatable bonds is 3. The van der Waals surface area contributed by atoms with Gasteiger partial charge in [-0.25, -0.2) is 4.79 Å². The number of amides is 3. The Hall–Kier alpha value is -1.89. The fourth-order valence-corrected chi connectivity index (χ4v) is 3.03. The third-order valence-electron chi connectivity index (χ3n) is 3.52. The maximum atomic E-state index is 12.0. The van der Waals surface area contributed by atoms with Gasteiger partial charge in [-0.3, -0.25) is 14.9 Å². The fraction of sp³-hybridized carbons (Fsp3) is 0.500. The molecule has 0 radical (unpaired) electrons. The summed E-state index contributed by atoms with van der Waals surface area (Å²) in [5.41, 5.74) is -0.0769. The van der Waals surface area contributed by atoms with Crippen molar-refractivity contribution in [3.8, 4) is 0 Å². The van der Waals surface area contributed by atoms with E-state index in [1.54, 1.807) is 16.2 Å². The van der Waals surface area contributed by atoms with Crippen LogP contribution in [0.25, 0.3) is 0 Å². The summed E-state index contributed by atoms with van der Waals surface area (Å²) in [6, 6.07) is 1.52. The summed E-state index contributed by atoms with van der Waals surface area (Å²) in [6.07, 6.45) is 0.556. The van der Waals surface area contributed by atoms with E-state index < -0.39 is 23.3 Å². The van der Waals surface area contributed by atoms with Gasteiger partial charge in [0.15, 0.2) is 0 Å². The molecule has 21 heavy (non-hydrogen) atoms. The van der Waals surface area contributed by atoms with E-state index in [0.717, 1.165) is 12.0 Å². The van der Waals surface area contributed by atoms with Crippen molar-refractivity contribution >= 4 is 29.2 Å². The summed E-state index contributed by atoms with van der Waals surface area (Å²) in [5.74, 6) is -1.63. The van der Waals surface area contributed by atoms with Gasteiger partial charge in [0.25, 0.3) is 0 Å². The molecule has 1 aromatic rings. The number of hydrogen-bond acceptors (Lipinski definition) is 4. The molecule has 0 saturated heterocycles. The molecule has 2 heterocycles. The van der Waals surface area contributed by atoms with Gasteiger partial charge < -0.3 is 10.0 Å². The molecule has 0 spiro atoms. The topological polar surface area (TPSA) is 86.7 Å². The highest BCUT2D eigenvalue weighted by Crippen LogP contribution is 2.24. The first kappa shape index (κ1) is 15.5. The Bertz CT molecular complexity index is 579. The lowest BCUT2D eigenvalue weighted by atomic mass is 9.89. The zero-order valence-electron chi connectivity index (χ0n) is 12.0. The van der Waals surface area contributed by atoms with E-state index in [-0.39, 0.29) is 6.42 Å². The summed E-state index contributed by atoms with van der Waals surface area (Å²) < 4.78 is 0. The minimum absolute atomic E-state index is 0.231. The van der Waals surface area contributed by atoms with Crippen molar-refractivity contribution in [3.63, 3.8) is 0 Å². The highest BCUT2D eigenvalue weighted by Gasteiger charge is 2.31. The summed E-state index contributed by atoms with van der Waals surface area (Å²) >= 11 is 1.67. The molecule has 2 N–H and O–H groups in total. The lowest BCUT2D eigenvalue weighted by Gasteiger charge is -2.27. The number of urea groups is 1. The van der Waals surface area contributed by atoms with Gasteiger partial charge in [-0.15, -0.1) is 11.3 Å². The van der Waals surface area contributed by atoms with Gasteiger partial charge >= 0.3 is 12.0 Å². The first-order valence-corrected chi connectivity index (χ1v) is 7.55. The molecule has 1 aliphatic rings. The zero-order chi connectivity index (χ0) is 15.6. The number of carboxylic acids is 1. The van der Waals surface area contributed by atoms with Gasteiger partial charge in [-0.05, 0) is 37.3 Å². The number of carbonyl (C=O) groups is 3. The van der Waals surface area contributed by atoms with E-state index in [0.29, 0.717) is 13.1 Å². The minimum Gasteiger partial charge on any atom is -0.481 e. The average Bonchev–Trinajstić information content (AvgIpc) is 2.84. The number of imide groups is 1. The number of fused-ring (bicyclic) bond motifs is 1. The number of aliphatic carboxylic acids is 1. The SMILES string of the molecule is CC(C)(CC(=O)NC(=O)N1CCc2sccc2C1)C(=O)O. The van der Waals surface area contributed by atoms with E-state index in [1.165, 1.54) is 18.7 Å². The Morgan fingerprint density at radius 2 is 2.14 bits per heavy atom. The molecular weight excluding hydrogens is 292 g/mol. The van der Waals surface area contributed by atoms with Crippen molar-refractivity contribution in [1.82, 2.24) is 10.2 Å². The smallest absolute Gasteiger partial charge is 0.324 e. The number of carboxylic acid groups (broad SMARTS) is 1. The molecule has 0 saturated carbocycles. The molecule has 0 aliphatic carbocycles. The lowest BCUT2D eigenvalue weighted by Crippen LogP contribution is -2.46. The van der Waals surface area contributed by atoms with Crippen molar-refractivity contribution < 1.29 is 19.5 Å². The largest absolute Gasteiger partial charge is 0.481 e. The highest BCUT2D eigenvalue weighted by molar-refractivity contribution is 7.10. The van der Waals surface area contributed by atoms with Crippen LogP contribution in [0.5, 0.6) is 0 Å². The van der Waals surface area contributed by atoms with E-state index in [9.17, 15) is 14.4 Å². The van der Waals surface area contributed by atoms with Crippen LogP contribution in [-0.4, -0.2) is 34.5 Å². The van der Waals surface area contributed by atoms with Crippen LogP contribution in [0.3, 0.4) is 0 Å². The molecule has 0 unspecified atom stereocenters. The predicted octanol–water partition coefficient (Wildman–Crippen LogP) is 1.84. The Kier molecular flexibility index (Phi) is 4.32. The molecule has 114 valence electrons. The molecule has 7 heteroatoms. The second-order valence-electron chi connectivity index (χ2n) is 5.76. The van der Waals surface area contributed by atoms with Crippen molar-refractivity contribution in [2.75, 3.05) is 6.54 Å². The lowest BCUT2D eigenvalue weighted by molar-refractivity contribution is -0.149. The second kappa shape index (κ2) is 5.85. The van der Waals surface area contributed by atoms with Crippen LogP contribution in [0.1, 0.15) is 30.7 Å². The maximum absolute atomic E-state index is 12.0. The molecule has 3 amide bonds. The molecule has 0 fully saturated rings. The van der Waals surface area contributed by atoms with Gasteiger partial charge in [0, 0.05) is 24.4 Å². The molecule has 1 aromatic heterocycles. The number of hydrogen-bond donors (Lipinski definition) is 2. The van der Waals surface area contributed by atoms with E-state index in [1.807, 2.05) is 11.4 Å². The normalized spacial score (nSPS) is 14.5. The Labute approximate surface area is 126 Å². The van der Waals surface area contributed by atoms with Crippen LogP contribution >= 0.6 is 11.3 Å². The summed E-state index contributed by atoms with van der Waals surface area (Å²) in [4.78, 5) is 37.7. The Morgan fingerprint density at radius 1 is 1.43 bits per heavy atom. The van der Waals surface area contributed by atoms with Crippen LogP contribution in [0, 0.1) is 5.41 Å². The molecule has 2 rings (SSSR count). The van der Waals surface area contributed by atoms with Gasteiger partial charge in [0.05, 0.1) is 5.41 Å². The first-order chi connectivity index (χ1) is 9.79. The minimum atomic E-state index is -1.19. The number of thiophene rings is 1. The van der Waals surface area contributed by atoms with Crippen LogP contribution in [0.2, 0.25) is 0 Å². The number of nitrogens with one attached hydrogen (secondary N) is 1. The monoisotopic (exact) mass is 310 g/mol. The van der Waals surface area contributed by atoms with E-state index >= 15 is 0 Å². The summed E-state index contributed by atoms with van der Waals surface area (Å²) in [6.45, 7) is 3.96. The molecule has 0 aromatic carbocycles. The summed E-state index contributed by atoms with van der Waals surface area (Å²) in [7, 11) is 0. The third-order valence-corrected chi connectivity index (χ3v) is 4.55. The predicted molar refractivity (Wildman–Crippen MR) is 78.0 cm³/mol. The highest BCUT2D eigenvalue weighted by atomic mass is 32.1. The molecule has 0 atom stereocenters. The molecular formula is C14H18N2O4S. The van der Waals surface area contributed by atoms with Gasteiger partial charge in [0.2, 0.25) is 5.91 Å². The first-order valence-electron chi connectivity index (χ1n) is 6.67. The third kappa shape index (κ3) is 3.60. The van der Waals surface area contributed by atoms with Crippen LogP contribution in [-0.2, 0) is 22.6 Å². The summed E-state index contributed by atoms with van der Waals surface area (Å²) in [5, 5.41) is 13.2. The number of carbonyl (C=O) groups excluding carboxylic acids is 2. The van der Waals surface area contributed by atoms with E-state index in [2.05, 4.69) is 5.32 Å². The van der Waals surface area contributed by atoms with Crippen LogP contribution in [0.4, 0.5) is 4.79 Å². The standard InChI is InChI=1S/C14H18N2O4S/c1-14(2,12(18)19)7-11(17)15-13(20)16-5-3-10-9(8-16)4-6-21-10/h4,6H,3,5,7-8H2,1-2H3,(H,18,19)(H,15,17,20). The Morgan fingerprint density at radius 3 is 2.81 bits per heavy atom. The van der Waals surface area contributed by atoms with Crippen LogP contribution < -0.4 is 5.32 Å². The second-order valence-corrected chi connectivity index (χ2v) is 6.76. The van der Waals surface area contributed by atoms with Gasteiger partial charge in [-0.2, -0.15) is 0 Å². The van der Waals surface area contributed by atoms with Gasteiger partial charge in [0.1, 0.15) is 0 Å². The average molecular weight is 310 g/mol. The molecule has 6 nitrogen and oxygen atoms in total. The van der Waals surface area contributed by atoms with Crippen molar-refractivity contribution in [1.29, 1.82) is 0 Å². The fourth-order valence-electron chi connectivity index (χ4n) is 2.14. The Balaban J connectivity index is 1.91. The molecule has 1 aliphatic heterocycles. The van der Waals surface area contributed by atoms with E-state index in [4.69, 9.17) is 5.11 Å². The maximum Gasteiger partial charge on any atom is 0.324 e. The van der Waals surface area contributed by atoms with Gasteiger partial charge in [-0.1, -0.05) is 0 Å². The zero-order valence-corrected chi connectivity index (χ0v) is 12.8. The van der Waals surface area contributed by atoms with Crippen molar-refractivity contribution in [3.05, 3.63) is 21.9 Å². The molecule has 0 bridgehead atoms. The van der Waals surface area contributed by atoms with Crippen LogP contribution in [0.15, 0.2) is 11.4 Å². The van der Waals surface area contributed by atoms with Crippen molar-refractivity contribution in [2.45, 2.75) is 33.2 Å².